The van der Waals surface area contributed by atoms with Crippen LogP contribution in [0.5, 0.6) is 11.5 Å². The van der Waals surface area contributed by atoms with Gasteiger partial charge in [0.05, 0.1) is 19.2 Å². The lowest BCUT2D eigenvalue weighted by Crippen LogP contribution is -2.11. The van der Waals surface area contributed by atoms with Crippen LogP contribution in [-0.2, 0) is 6.54 Å². The van der Waals surface area contributed by atoms with Gasteiger partial charge < -0.3 is 19.8 Å². The van der Waals surface area contributed by atoms with Crippen LogP contribution >= 0.6 is 0 Å². The Balaban J connectivity index is 1.95. The molecule has 122 valence electrons. The molecule has 0 saturated carbocycles. The maximum atomic E-state index is 11.7. The van der Waals surface area contributed by atoms with Crippen molar-refractivity contribution >= 4 is 16.8 Å². The van der Waals surface area contributed by atoms with Gasteiger partial charge in [0.25, 0.3) is 0 Å². The van der Waals surface area contributed by atoms with Crippen LogP contribution in [0.4, 0.5) is 0 Å². The summed E-state index contributed by atoms with van der Waals surface area (Å²) in [6.07, 6.45) is 0. The first-order valence-electron chi connectivity index (χ1n) is 7.89. The molecule has 0 bridgehead atoms. The van der Waals surface area contributed by atoms with E-state index < -0.39 is 5.91 Å². The quantitative estimate of drug-likeness (QED) is 0.627. The Kier molecular flexibility index (Phi) is 3.23. The van der Waals surface area contributed by atoms with Gasteiger partial charge in [0, 0.05) is 28.8 Å². The number of primary amides is 1. The summed E-state index contributed by atoms with van der Waals surface area (Å²) in [5.74, 6) is 1.09. The third-order valence-electron chi connectivity index (χ3n) is 4.48. The first kappa shape index (κ1) is 14.6. The molecule has 0 atom stereocenters. The highest BCUT2D eigenvalue weighted by Crippen LogP contribution is 2.41. The Labute approximate surface area is 139 Å². The van der Waals surface area contributed by atoms with E-state index in [0.717, 1.165) is 28.9 Å². The Morgan fingerprint density at radius 2 is 2.08 bits per heavy atom. The standard InChI is InChI=1S/C19H18N2O3/c1-3-24-18-8-11(19(20)22)7-16-15(18)9-17-14-5-4-13(23-2)6-12(14)10-21(16)17/h4-9H,3,10H2,1-2H3,(H2,20,22). The van der Waals surface area contributed by atoms with Crippen LogP contribution in [0.3, 0.4) is 0 Å². The second-order valence-electron chi connectivity index (χ2n) is 5.84. The van der Waals surface area contributed by atoms with Crippen molar-refractivity contribution in [1.82, 2.24) is 4.57 Å². The first-order valence-corrected chi connectivity index (χ1v) is 7.89. The summed E-state index contributed by atoms with van der Waals surface area (Å²) in [5.41, 5.74) is 10.4. The SMILES string of the molecule is CCOc1cc(C(N)=O)cc2c1cc1n2Cc2cc(OC)ccc2-1. The van der Waals surface area contributed by atoms with E-state index >= 15 is 0 Å². The largest absolute Gasteiger partial charge is 0.497 e. The molecule has 2 aromatic carbocycles. The fourth-order valence-electron chi connectivity index (χ4n) is 3.38. The van der Waals surface area contributed by atoms with E-state index in [1.165, 1.54) is 11.1 Å². The number of nitrogens with two attached hydrogens (primary N) is 1. The van der Waals surface area contributed by atoms with E-state index in [1.54, 1.807) is 13.2 Å². The van der Waals surface area contributed by atoms with Crippen LogP contribution in [0, 0.1) is 0 Å². The number of benzene rings is 2. The fraction of sp³-hybridized carbons (Fsp3) is 0.211. The van der Waals surface area contributed by atoms with E-state index in [4.69, 9.17) is 15.2 Å². The van der Waals surface area contributed by atoms with Crippen LogP contribution in [0.2, 0.25) is 0 Å². The first-order chi connectivity index (χ1) is 11.6. The normalized spacial score (nSPS) is 12.1. The van der Waals surface area contributed by atoms with Crippen LogP contribution in [-0.4, -0.2) is 24.2 Å². The summed E-state index contributed by atoms with van der Waals surface area (Å²) in [5, 5.41) is 0.998. The Morgan fingerprint density at radius 3 is 2.79 bits per heavy atom. The third kappa shape index (κ3) is 2.05. The molecule has 2 heterocycles. The minimum absolute atomic E-state index is 0.453. The predicted octanol–water partition coefficient (Wildman–Crippen LogP) is 3.18. The van der Waals surface area contributed by atoms with Crippen LogP contribution in [0.25, 0.3) is 22.2 Å². The van der Waals surface area contributed by atoms with Gasteiger partial charge in [0.15, 0.2) is 0 Å². The Bertz CT molecular complexity index is 972. The van der Waals surface area contributed by atoms with Crippen LogP contribution in [0.1, 0.15) is 22.8 Å². The van der Waals surface area contributed by atoms with Crippen molar-refractivity contribution in [2.24, 2.45) is 5.73 Å². The minimum Gasteiger partial charge on any atom is -0.497 e. The molecule has 1 aliphatic heterocycles. The van der Waals surface area contributed by atoms with E-state index in [-0.39, 0.29) is 0 Å². The maximum absolute atomic E-state index is 11.7. The number of nitrogens with zero attached hydrogens (tertiary/aromatic N) is 1. The highest BCUT2D eigenvalue weighted by atomic mass is 16.5. The zero-order valence-electron chi connectivity index (χ0n) is 13.6. The lowest BCUT2D eigenvalue weighted by molar-refractivity contribution is 0.1000. The van der Waals surface area contributed by atoms with E-state index in [1.807, 2.05) is 19.1 Å². The smallest absolute Gasteiger partial charge is 0.248 e. The molecule has 0 fully saturated rings. The number of fused-ring (bicyclic) bond motifs is 5. The second-order valence-corrected chi connectivity index (χ2v) is 5.84. The zero-order valence-corrected chi connectivity index (χ0v) is 13.6. The number of methoxy groups -OCH3 is 1. The number of rotatable bonds is 4. The van der Waals surface area contributed by atoms with Crippen molar-refractivity contribution in [3.63, 3.8) is 0 Å². The topological polar surface area (TPSA) is 66.5 Å². The number of hydrogen-bond donors (Lipinski definition) is 1. The molecule has 1 aromatic heterocycles. The number of carbonyl (C=O) groups excluding carboxylic acids is 1. The van der Waals surface area contributed by atoms with Gasteiger partial charge in [-0.15, -0.1) is 0 Å². The van der Waals surface area contributed by atoms with Crippen molar-refractivity contribution in [2.75, 3.05) is 13.7 Å². The van der Waals surface area contributed by atoms with Crippen molar-refractivity contribution < 1.29 is 14.3 Å². The molecular formula is C19H18N2O3. The Hall–Kier alpha value is -2.95. The number of aromatic nitrogens is 1. The monoisotopic (exact) mass is 322 g/mol. The average molecular weight is 322 g/mol. The third-order valence-corrected chi connectivity index (χ3v) is 4.48. The van der Waals surface area contributed by atoms with Crippen molar-refractivity contribution in [2.45, 2.75) is 13.5 Å². The predicted molar refractivity (Wildman–Crippen MR) is 92.7 cm³/mol. The molecule has 4 rings (SSSR count). The zero-order chi connectivity index (χ0) is 16.8. The molecule has 0 spiro atoms. The summed E-state index contributed by atoms with van der Waals surface area (Å²) >= 11 is 0. The number of carbonyl (C=O) groups is 1. The molecule has 3 aromatic rings. The van der Waals surface area contributed by atoms with E-state index in [2.05, 4.69) is 22.8 Å². The molecule has 5 heteroatoms. The number of hydrogen-bond acceptors (Lipinski definition) is 3. The van der Waals surface area contributed by atoms with Crippen molar-refractivity contribution in [3.05, 3.63) is 47.5 Å². The van der Waals surface area contributed by atoms with Gasteiger partial charge in [-0.2, -0.15) is 0 Å². The van der Waals surface area contributed by atoms with Gasteiger partial charge in [-0.25, -0.2) is 0 Å². The number of amides is 1. The molecule has 24 heavy (non-hydrogen) atoms. The fourth-order valence-corrected chi connectivity index (χ4v) is 3.38. The van der Waals surface area contributed by atoms with Crippen molar-refractivity contribution in [1.29, 1.82) is 0 Å². The maximum Gasteiger partial charge on any atom is 0.248 e. The minimum atomic E-state index is -0.453. The van der Waals surface area contributed by atoms with Gasteiger partial charge in [-0.05, 0) is 48.9 Å². The summed E-state index contributed by atoms with van der Waals surface area (Å²) in [6, 6.07) is 11.8. The van der Waals surface area contributed by atoms with E-state index in [0.29, 0.717) is 17.9 Å². The number of ether oxygens (including phenoxy) is 2. The highest BCUT2D eigenvalue weighted by Gasteiger charge is 2.24. The van der Waals surface area contributed by atoms with Gasteiger partial charge in [-0.3, -0.25) is 4.79 Å². The average Bonchev–Trinajstić information content (AvgIpc) is 3.10. The molecule has 2 N–H and O–H groups in total. The summed E-state index contributed by atoms with van der Waals surface area (Å²) in [6.45, 7) is 3.19. The highest BCUT2D eigenvalue weighted by molar-refractivity contribution is 6.01. The van der Waals surface area contributed by atoms with Gasteiger partial charge in [0.2, 0.25) is 5.91 Å². The molecular weight excluding hydrogens is 304 g/mol. The van der Waals surface area contributed by atoms with Gasteiger partial charge in [-0.1, -0.05) is 0 Å². The lowest BCUT2D eigenvalue weighted by atomic mass is 10.1. The molecule has 1 amide bonds. The summed E-state index contributed by atoms with van der Waals surface area (Å²) in [4.78, 5) is 11.7. The van der Waals surface area contributed by atoms with E-state index in [9.17, 15) is 4.79 Å². The molecule has 0 unspecified atom stereocenters. The lowest BCUT2D eigenvalue weighted by Gasteiger charge is -2.09. The Morgan fingerprint density at radius 1 is 1.25 bits per heavy atom. The molecule has 5 nitrogen and oxygen atoms in total. The molecule has 1 aliphatic rings. The molecule has 0 saturated heterocycles. The summed E-state index contributed by atoms with van der Waals surface area (Å²) < 4.78 is 13.2. The van der Waals surface area contributed by atoms with Crippen molar-refractivity contribution in [3.8, 4) is 22.8 Å². The summed E-state index contributed by atoms with van der Waals surface area (Å²) in [7, 11) is 1.67. The van der Waals surface area contributed by atoms with Crippen LogP contribution < -0.4 is 15.2 Å². The second kappa shape index (κ2) is 5.30. The van der Waals surface area contributed by atoms with Gasteiger partial charge in [0.1, 0.15) is 11.5 Å². The molecule has 0 radical (unpaired) electrons. The molecule has 0 aliphatic carbocycles. The van der Waals surface area contributed by atoms with Gasteiger partial charge >= 0.3 is 0 Å². The van der Waals surface area contributed by atoms with Crippen LogP contribution in [0.15, 0.2) is 36.4 Å².